The third kappa shape index (κ3) is 3.27. The SMILES string of the molecule is COc1ccc(C2=NC(C#N)N(SC)N2c2ccc(OC)cc2)cc1. The van der Waals surface area contributed by atoms with E-state index in [1.54, 1.807) is 14.2 Å². The molecule has 2 aromatic carbocycles. The number of nitriles is 1. The number of hydrogen-bond donors (Lipinski definition) is 0. The predicted octanol–water partition coefficient (Wildman–Crippen LogP) is 3.32. The highest BCUT2D eigenvalue weighted by Gasteiger charge is 2.35. The molecule has 0 bridgehead atoms. The Labute approximate surface area is 151 Å². The van der Waals surface area contributed by atoms with Crippen LogP contribution in [0.1, 0.15) is 5.56 Å². The lowest BCUT2D eigenvalue weighted by molar-refractivity contribution is 0.414. The fourth-order valence-corrected chi connectivity index (χ4v) is 3.21. The van der Waals surface area contributed by atoms with Gasteiger partial charge in [0.1, 0.15) is 17.6 Å². The quantitative estimate of drug-likeness (QED) is 0.768. The first-order chi connectivity index (χ1) is 12.2. The highest BCUT2D eigenvalue weighted by atomic mass is 32.2. The van der Waals surface area contributed by atoms with E-state index < -0.39 is 6.17 Å². The Bertz CT molecular complexity index is 799. The summed E-state index contributed by atoms with van der Waals surface area (Å²) in [5, 5.41) is 11.4. The van der Waals surface area contributed by atoms with E-state index in [2.05, 4.69) is 11.1 Å². The van der Waals surface area contributed by atoms with Gasteiger partial charge in [-0.2, -0.15) is 5.26 Å². The third-order valence-electron chi connectivity index (χ3n) is 3.82. The summed E-state index contributed by atoms with van der Waals surface area (Å²) in [6, 6.07) is 17.5. The van der Waals surface area contributed by atoms with E-state index in [9.17, 15) is 5.26 Å². The molecule has 25 heavy (non-hydrogen) atoms. The van der Waals surface area contributed by atoms with Crippen LogP contribution in [0.15, 0.2) is 53.5 Å². The van der Waals surface area contributed by atoms with Crippen LogP contribution in [-0.2, 0) is 0 Å². The lowest BCUT2D eigenvalue weighted by Gasteiger charge is -2.29. The summed E-state index contributed by atoms with van der Waals surface area (Å²) in [6.45, 7) is 0. The molecule has 3 rings (SSSR count). The maximum absolute atomic E-state index is 9.48. The zero-order valence-corrected chi connectivity index (χ0v) is 15.0. The summed E-state index contributed by atoms with van der Waals surface area (Å²) in [7, 11) is 3.27. The van der Waals surface area contributed by atoms with Crippen LogP contribution in [0.4, 0.5) is 5.69 Å². The second kappa shape index (κ2) is 7.47. The average molecular weight is 354 g/mol. The van der Waals surface area contributed by atoms with Gasteiger partial charge in [-0.3, -0.25) is 0 Å². The fourth-order valence-electron chi connectivity index (χ4n) is 2.58. The van der Waals surface area contributed by atoms with Crippen LogP contribution in [0.25, 0.3) is 0 Å². The van der Waals surface area contributed by atoms with Crippen LogP contribution >= 0.6 is 11.9 Å². The molecule has 1 aliphatic heterocycles. The van der Waals surface area contributed by atoms with Crippen LogP contribution in [0.2, 0.25) is 0 Å². The zero-order chi connectivity index (χ0) is 17.8. The Kier molecular flexibility index (Phi) is 5.12. The van der Waals surface area contributed by atoms with E-state index in [1.807, 2.05) is 64.2 Å². The van der Waals surface area contributed by atoms with Crippen LogP contribution in [0.3, 0.4) is 0 Å². The van der Waals surface area contributed by atoms with Gasteiger partial charge in [-0.25, -0.2) is 10.0 Å². The van der Waals surface area contributed by atoms with Crippen LogP contribution in [0, 0.1) is 11.3 Å². The maximum Gasteiger partial charge on any atom is 0.219 e. The number of benzene rings is 2. The summed E-state index contributed by atoms with van der Waals surface area (Å²) < 4.78 is 12.3. The number of rotatable bonds is 5. The van der Waals surface area contributed by atoms with Gasteiger partial charge in [-0.1, -0.05) is 11.9 Å². The molecule has 0 amide bonds. The van der Waals surface area contributed by atoms with Gasteiger partial charge in [0.05, 0.1) is 19.9 Å². The standard InChI is InChI=1S/C18H18N4O2S/c1-23-15-8-4-13(5-9-15)18-20-17(12-19)22(25-3)21(18)14-6-10-16(24-2)11-7-14/h4-11,17H,1-3H3. The minimum absolute atomic E-state index is 0.589. The van der Waals surface area contributed by atoms with E-state index in [4.69, 9.17) is 9.47 Å². The Morgan fingerprint density at radius 3 is 2.04 bits per heavy atom. The van der Waals surface area contributed by atoms with Gasteiger partial charge in [0.2, 0.25) is 6.17 Å². The second-order valence-electron chi connectivity index (χ2n) is 5.18. The molecule has 2 aromatic rings. The van der Waals surface area contributed by atoms with Crippen molar-refractivity contribution in [3.63, 3.8) is 0 Å². The topological polar surface area (TPSA) is 61.1 Å². The molecule has 0 saturated carbocycles. The molecule has 7 heteroatoms. The van der Waals surface area contributed by atoms with Crippen LogP contribution < -0.4 is 14.5 Å². The lowest BCUT2D eigenvalue weighted by Crippen LogP contribution is -2.40. The number of amidine groups is 1. The maximum atomic E-state index is 9.48. The first kappa shape index (κ1) is 17.1. The number of hydrazine groups is 1. The molecule has 128 valence electrons. The Hall–Kier alpha value is -2.69. The Balaban J connectivity index is 2.03. The van der Waals surface area contributed by atoms with E-state index >= 15 is 0 Å². The van der Waals surface area contributed by atoms with Crippen molar-refractivity contribution in [3.05, 3.63) is 54.1 Å². The second-order valence-corrected chi connectivity index (χ2v) is 5.92. The molecule has 6 nitrogen and oxygen atoms in total. The van der Waals surface area contributed by atoms with Gasteiger partial charge in [-0.05, 0) is 54.8 Å². The van der Waals surface area contributed by atoms with Crippen LogP contribution in [-0.4, -0.2) is 36.9 Å². The first-order valence-corrected chi connectivity index (χ1v) is 8.79. The largest absolute Gasteiger partial charge is 0.497 e. The first-order valence-electron chi connectivity index (χ1n) is 7.61. The van der Waals surface area contributed by atoms with E-state index in [0.29, 0.717) is 5.84 Å². The Morgan fingerprint density at radius 1 is 1.00 bits per heavy atom. The van der Waals surface area contributed by atoms with Crippen molar-refractivity contribution >= 4 is 23.5 Å². The summed E-state index contributed by atoms with van der Waals surface area (Å²) in [5.74, 6) is 2.27. The van der Waals surface area contributed by atoms with Gasteiger partial charge in [0, 0.05) is 5.56 Å². The summed E-state index contributed by atoms with van der Waals surface area (Å²) in [4.78, 5) is 4.60. The molecule has 1 heterocycles. The van der Waals surface area contributed by atoms with Gasteiger partial charge in [-0.15, -0.1) is 4.41 Å². The molecule has 0 aliphatic carbocycles. The van der Waals surface area contributed by atoms with Crippen molar-refractivity contribution in [2.45, 2.75) is 6.17 Å². The average Bonchev–Trinajstić information content (AvgIpc) is 3.06. The van der Waals surface area contributed by atoms with E-state index in [1.165, 1.54) is 11.9 Å². The molecule has 0 N–H and O–H groups in total. The monoisotopic (exact) mass is 354 g/mol. The highest BCUT2D eigenvalue weighted by molar-refractivity contribution is 7.96. The van der Waals surface area contributed by atoms with E-state index in [0.717, 1.165) is 22.7 Å². The molecule has 1 unspecified atom stereocenters. The molecular weight excluding hydrogens is 336 g/mol. The molecule has 1 atom stereocenters. The van der Waals surface area contributed by atoms with Gasteiger partial charge >= 0.3 is 0 Å². The molecule has 0 aromatic heterocycles. The van der Waals surface area contributed by atoms with Gasteiger partial charge < -0.3 is 9.47 Å². The zero-order valence-electron chi connectivity index (χ0n) is 14.2. The smallest absolute Gasteiger partial charge is 0.219 e. The number of ether oxygens (including phenoxy) is 2. The van der Waals surface area contributed by atoms with Gasteiger partial charge in [0.15, 0.2) is 5.84 Å². The Morgan fingerprint density at radius 2 is 1.56 bits per heavy atom. The molecule has 1 aliphatic rings. The van der Waals surface area contributed by atoms with Crippen molar-refractivity contribution in [3.8, 4) is 17.6 Å². The number of nitrogens with zero attached hydrogens (tertiary/aromatic N) is 4. The lowest BCUT2D eigenvalue weighted by atomic mass is 10.2. The van der Waals surface area contributed by atoms with Crippen LogP contribution in [0.5, 0.6) is 11.5 Å². The van der Waals surface area contributed by atoms with Crippen molar-refractivity contribution in [1.82, 2.24) is 4.41 Å². The van der Waals surface area contributed by atoms with Gasteiger partial charge in [0.25, 0.3) is 0 Å². The minimum Gasteiger partial charge on any atom is -0.497 e. The molecule has 0 saturated heterocycles. The third-order valence-corrected chi connectivity index (χ3v) is 4.56. The number of aliphatic imine (C=N–C) groups is 1. The van der Waals surface area contributed by atoms with Crippen molar-refractivity contribution < 1.29 is 9.47 Å². The normalized spacial score (nSPS) is 17.1. The summed E-state index contributed by atoms with van der Waals surface area (Å²) in [5.41, 5.74) is 1.82. The number of hydrogen-bond acceptors (Lipinski definition) is 7. The minimum atomic E-state index is -0.589. The summed E-state index contributed by atoms with van der Waals surface area (Å²) >= 11 is 1.45. The molecule has 0 radical (unpaired) electrons. The van der Waals surface area contributed by atoms with Crippen molar-refractivity contribution in [1.29, 1.82) is 5.26 Å². The molecule has 0 spiro atoms. The van der Waals surface area contributed by atoms with Crippen molar-refractivity contribution in [2.75, 3.05) is 25.5 Å². The highest BCUT2D eigenvalue weighted by Crippen LogP contribution is 2.32. The molecular formula is C18H18N4O2S. The predicted molar refractivity (Wildman–Crippen MR) is 99.8 cm³/mol. The van der Waals surface area contributed by atoms with Crippen molar-refractivity contribution in [2.24, 2.45) is 4.99 Å². The summed E-state index contributed by atoms with van der Waals surface area (Å²) in [6.07, 6.45) is 1.34. The number of anilines is 1. The van der Waals surface area contributed by atoms with E-state index in [-0.39, 0.29) is 0 Å². The molecule has 0 fully saturated rings. The number of methoxy groups -OCH3 is 2. The fraction of sp³-hybridized carbons (Fsp3) is 0.222.